The Hall–Kier alpha value is -2.17. The van der Waals surface area contributed by atoms with E-state index in [-0.39, 0.29) is 17.7 Å². The summed E-state index contributed by atoms with van der Waals surface area (Å²) >= 11 is 0. The van der Waals surface area contributed by atoms with Crippen molar-refractivity contribution in [3.05, 3.63) is 35.4 Å². The smallest absolute Gasteiger partial charge is 0.326 e. The summed E-state index contributed by atoms with van der Waals surface area (Å²) in [6.45, 7) is 3.30. The largest absolute Gasteiger partial charge is 0.480 e. The second-order valence-electron chi connectivity index (χ2n) is 5.31. The van der Waals surface area contributed by atoms with Crippen molar-refractivity contribution in [1.29, 1.82) is 0 Å². The van der Waals surface area contributed by atoms with Gasteiger partial charge in [0.2, 0.25) is 0 Å². The summed E-state index contributed by atoms with van der Waals surface area (Å²) in [5.74, 6) is -1.28. The van der Waals surface area contributed by atoms with Gasteiger partial charge in [0.05, 0.1) is 0 Å². The minimum atomic E-state index is -1.01. The highest BCUT2D eigenvalue weighted by Crippen LogP contribution is 2.30. The van der Waals surface area contributed by atoms with Gasteiger partial charge in [-0.25, -0.2) is 4.79 Å². The Labute approximate surface area is 123 Å². The molecule has 0 spiro atoms. The topological polar surface area (TPSA) is 74.7 Å². The molecule has 21 heavy (non-hydrogen) atoms. The predicted molar refractivity (Wildman–Crippen MR) is 77.4 cm³/mol. The van der Waals surface area contributed by atoms with E-state index in [1.165, 1.54) is 11.8 Å². The van der Waals surface area contributed by atoms with Gasteiger partial charge in [0.15, 0.2) is 5.78 Å². The van der Waals surface area contributed by atoms with E-state index in [0.29, 0.717) is 17.5 Å². The van der Waals surface area contributed by atoms with E-state index in [9.17, 15) is 14.4 Å². The van der Waals surface area contributed by atoms with Gasteiger partial charge in [-0.15, -0.1) is 0 Å². The molecule has 0 aromatic heterocycles. The maximum Gasteiger partial charge on any atom is 0.326 e. The lowest BCUT2D eigenvalue weighted by Crippen LogP contribution is -2.44. The molecule has 1 unspecified atom stereocenters. The molecule has 1 fully saturated rings. The van der Waals surface area contributed by atoms with E-state index < -0.39 is 12.0 Å². The summed E-state index contributed by atoms with van der Waals surface area (Å²) in [5, 5.41) is 9.14. The number of Topliss-reactive ketones (excluding diaryl/α,β-unsaturated/α-hetero) is 1. The lowest BCUT2D eigenvalue weighted by molar-refractivity contribution is -0.141. The number of carbonyl (C=O) groups excluding carboxylic acids is 2. The predicted octanol–water partition coefficient (Wildman–Crippen LogP) is 2.36. The number of rotatable bonds is 6. The molecule has 0 heterocycles. The van der Waals surface area contributed by atoms with Gasteiger partial charge in [-0.2, -0.15) is 0 Å². The molecular weight excluding hydrogens is 270 g/mol. The Morgan fingerprint density at radius 3 is 2.14 bits per heavy atom. The number of aliphatic carboxylic acids is 1. The number of amides is 1. The SMILES string of the molecule is CCC(=O)c1ccc(C(=O)N(C2CC2)C(C)C(=O)O)cc1. The highest BCUT2D eigenvalue weighted by atomic mass is 16.4. The van der Waals surface area contributed by atoms with Crippen LogP contribution in [0.2, 0.25) is 0 Å². The zero-order chi connectivity index (χ0) is 15.6. The van der Waals surface area contributed by atoms with Crippen molar-refractivity contribution < 1.29 is 19.5 Å². The molecule has 1 N–H and O–H groups in total. The number of ketones is 1. The number of carboxylic acids is 1. The van der Waals surface area contributed by atoms with Gasteiger partial charge in [-0.3, -0.25) is 9.59 Å². The van der Waals surface area contributed by atoms with Gasteiger partial charge in [-0.05, 0) is 31.9 Å². The fourth-order valence-electron chi connectivity index (χ4n) is 2.28. The summed E-state index contributed by atoms with van der Waals surface area (Å²) in [6, 6.07) is 5.60. The Kier molecular flexibility index (Phi) is 4.40. The van der Waals surface area contributed by atoms with Crippen LogP contribution in [0.15, 0.2) is 24.3 Å². The molecule has 1 aliphatic rings. The molecule has 0 radical (unpaired) electrons. The van der Waals surface area contributed by atoms with Crippen molar-refractivity contribution >= 4 is 17.7 Å². The fourth-order valence-corrected chi connectivity index (χ4v) is 2.28. The van der Waals surface area contributed by atoms with Crippen LogP contribution in [0.5, 0.6) is 0 Å². The highest BCUT2D eigenvalue weighted by molar-refractivity contribution is 5.99. The molecule has 1 atom stereocenters. The number of carboxylic acid groups (broad SMARTS) is 1. The van der Waals surface area contributed by atoms with E-state index in [4.69, 9.17) is 5.11 Å². The van der Waals surface area contributed by atoms with Gasteiger partial charge in [0.25, 0.3) is 5.91 Å². The van der Waals surface area contributed by atoms with Crippen LogP contribution in [-0.2, 0) is 4.79 Å². The molecule has 1 aliphatic carbocycles. The van der Waals surface area contributed by atoms with E-state index in [2.05, 4.69) is 0 Å². The molecule has 5 heteroatoms. The monoisotopic (exact) mass is 289 g/mol. The van der Waals surface area contributed by atoms with Crippen LogP contribution in [0, 0.1) is 0 Å². The minimum Gasteiger partial charge on any atom is -0.480 e. The first kappa shape index (κ1) is 15.2. The van der Waals surface area contributed by atoms with Crippen molar-refractivity contribution in [2.45, 2.75) is 45.2 Å². The number of carbonyl (C=O) groups is 3. The van der Waals surface area contributed by atoms with Crippen molar-refractivity contribution in [3.8, 4) is 0 Å². The van der Waals surface area contributed by atoms with Gasteiger partial charge < -0.3 is 10.0 Å². The molecule has 2 rings (SSSR count). The van der Waals surface area contributed by atoms with Crippen LogP contribution >= 0.6 is 0 Å². The van der Waals surface area contributed by atoms with E-state index >= 15 is 0 Å². The van der Waals surface area contributed by atoms with Gasteiger partial charge in [0.1, 0.15) is 6.04 Å². The average Bonchev–Trinajstić information content (AvgIpc) is 3.31. The summed E-state index contributed by atoms with van der Waals surface area (Å²) < 4.78 is 0. The van der Waals surface area contributed by atoms with Crippen LogP contribution in [-0.4, -0.2) is 39.7 Å². The average molecular weight is 289 g/mol. The van der Waals surface area contributed by atoms with Crippen LogP contribution < -0.4 is 0 Å². The fraction of sp³-hybridized carbons (Fsp3) is 0.438. The zero-order valence-corrected chi connectivity index (χ0v) is 12.2. The van der Waals surface area contributed by atoms with Gasteiger partial charge >= 0.3 is 5.97 Å². The highest BCUT2D eigenvalue weighted by Gasteiger charge is 2.38. The third kappa shape index (κ3) is 3.29. The Balaban J connectivity index is 2.21. The molecule has 1 aromatic carbocycles. The number of hydrogen-bond acceptors (Lipinski definition) is 3. The molecule has 5 nitrogen and oxygen atoms in total. The molecule has 0 saturated heterocycles. The summed E-state index contributed by atoms with van der Waals surface area (Å²) in [4.78, 5) is 36.7. The molecule has 1 saturated carbocycles. The first-order valence-electron chi connectivity index (χ1n) is 7.14. The van der Waals surface area contributed by atoms with E-state index in [1.807, 2.05) is 0 Å². The van der Waals surface area contributed by atoms with Crippen molar-refractivity contribution in [2.75, 3.05) is 0 Å². The maximum atomic E-state index is 12.5. The lowest BCUT2D eigenvalue weighted by atomic mass is 10.1. The molecule has 112 valence electrons. The van der Waals surface area contributed by atoms with Crippen LogP contribution in [0.25, 0.3) is 0 Å². The molecule has 0 aliphatic heterocycles. The Bertz CT molecular complexity index is 560. The molecule has 0 bridgehead atoms. The third-order valence-electron chi connectivity index (χ3n) is 3.72. The van der Waals surface area contributed by atoms with E-state index in [1.54, 1.807) is 31.2 Å². The summed E-state index contributed by atoms with van der Waals surface area (Å²) in [7, 11) is 0. The van der Waals surface area contributed by atoms with E-state index in [0.717, 1.165) is 12.8 Å². The Morgan fingerprint density at radius 1 is 1.19 bits per heavy atom. The first-order valence-corrected chi connectivity index (χ1v) is 7.14. The third-order valence-corrected chi connectivity index (χ3v) is 3.72. The number of nitrogens with zero attached hydrogens (tertiary/aromatic N) is 1. The second-order valence-corrected chi connectivity index (χ2v) is 5.31. The molecule has 1 amide bonds. The zero-order valence-electron chi connectivity index (χ0n) is 12.2. The molecule has 1 aromatic rings. The minimum absolute atomic E-state index is 0.0144. The van der Waals surface area contributed by atoms with Crippen molar-refractivity contribution in [1.82, 2.24) is 4.90 Å². The van der Waals surface area contributed by atoms with Crippen molar-refractivity contribution in [3.63, 3.8) is 0 Å². The molecular formula is C16H19NO4. The first-order chi connectivity index (χ1) is 9.95. The van der Waals surface area contributed by atoms with Gasteiger partial charge in [0, 0.05) is 23.6 Å². The van der Waals surface area contributed by atoms with Crippen molar-refractivity contribution in [2.24, 2.45) is 0 Å². The second kappa shape index (κ2) is 6.08. The maximum absolute atomic E-state index is 12.5. The Morgan fingerprint density at radius 2 is 1.71 bits per heavy atom. The van der Waals surface area contributed by atoms with Crippen LogP contribution in [0.3, 0.4) is 0 Å². The number of hydrogen-bond donors (Lipinski definition) is 1. The summed E-state index contributed by atoms with van der Waals surface area (Å²) in [5.41, 5.74) is 0.987. The summed E-state index contributed by atoms with van der Waals surface area (Å²) in [6.07, 6.45) is 2.10. The normalized spacial score (nSPS) is 15.3. The van der Waals surface area contributed by atoms with Crippen LogP contribution in [0.1, 0.15) is 53.8 Å². The van der Waals surface area contributed by atoms with Gasteiger partial charge in [-0.1, -0.05) is 19.1 Å². The lowest BCUT2D eigenvalue weighted by Gasteiger charge is -2.26. The quantitative estimate of drug-likeness (QED) is 0.816. The standard InChI is InChI=1S/C16H19NO4/c1-3-14(18)11-4-6-12(7-5-11)15(19)17(13-8-9-13)10(2)16(20)21/h4-7,10,13H,3,8-9H2,1-2H3,(H,20,21). The van der Waals surface area contributed by atoms with Crippen LogP contribution in [0.4, 0.5) is 0 Å². The number of benzene rings is 1.